The Morgan fingerprint density at radius 2 is 2.25 bits per heavy atom. The van der Waals surface area contributed by atoms with Crippen molar-refractivity contribution < 1.29 is 13.9 Å². The molecule has 1 rings (SSSR count). The Kier molecular flexibility index (Phi) is 2.32. The molecule has 0 amide bonds. The van der Waals surface area contributed by atoms with Crippen LogP contribution in [0.25, 0.3) is 0 Å². The van der Waals surface area contributed by atoms with E-state index >= 15 is 0 Å². The summed E-state index contributed by atoms with van der Waals surface area (Å²) in [4.78, 5) is 6.92. The number of aliphatic hydroxyl groups is 1. The summed E-state index contributed by atoms with van der Waals surface area (Å²) in [7, 11) is 0. The zero-order valence-corrected chi connectivity index (χ0v) is 6.46. The first-order chi connectivity index (χ1) is 5.55. The molecule has 0 fully saturated rings. The predicted octanol–water partition coefficient (Wildman–Crippen LogP) is 1.08. The Hall–Kier alpha value is -1.10. The first-order valence-corrected chi connectivity index (χ1v) is 3.33. The molecule has 0 bridgehead atoms. The summed E-state index contributed by atoms with van der Waals surface area (Å²) in [6.45, 7) is 0.258. The molecule has 0 spiro atoms. The summed E-state index contributed by atoms with van der Waals surface area (Å²) >= 11 is 0. The van der Waals surface area contributed by atoms with Crippen LogP contribution in [0, 0.1) is 0 Å². The molecule has 0 aliphatic carbocycles. The van der Waals surface area contributed by atoms with Crippen molar-refractivity contribution in [3.63, 3.8) is 0 Å². The van der Waals surface area contributed by atoms with Crippen LogP contribution in [0.5, 0.6) is 0 Å². The monoisotopic (exact) mass is 174 g/mol. The Morgan fingerprint density at radius 3 is 2.67 bits per heavy atom. The van der Waals surface area contributed by atoms with Gasteiger partial charge < -0.3 is 5.11 Å². The molecule has 0 aromatic carbocycles. The van der Waals surface area contributed by atoms with Gasteiger partial charge in [0.1, 0.15) is 12.0 Å². The minimum atomic E-state index is -3.03. The van der Waals surface area contributed by atoms with Crippen LogP contribution in [0.4, 0.5) is 8.78 Å². The zero-order valence-electron chi connectivity index (χ0n) is 6.46. The van der Waals surface area contributed by atoms with Gasteiger partial charge in [0.15, 0.2) is 0 Å². The lowest BCUT2D eigenvalue weighted by atomic mass is 10.1. The quantitative estimate of drug-likeness (QED) is 0.729. The molecule has 0 saturated carbocycles. The maximum absolute atomic E-state index is 12.7. The van der Waals surface area contributed by atoms with Crippen LogP contribution in [0.1, 0.15) is 18.2 Å². The van der Waals surface area contributed by atoms with E-state index in [-0.39, 0.29) is 5.56 Å². The van der Waals surface area contributed by atoms with Gasteiger partial charge in [0, 0.05) is 18.7 Å². The van der Waals surface area contributed by atoms with Crippen LogP contribution in [-0.4, -0.2) is 15.1 Å². The van der Waals surface area contributed by atoms with E-state index in [1.807, 2.05) is 0 Å². The lowest BCUT2D eigenvalue weighted by Crippen LogP contribution is -2.13. The van der Waals surface area contributed by atoms with Gasteiger partial charge in [-0.3, -0.25) is 0 Å². The average Bonchev–Trinajstić information content (AvgIpc) is 2.03. The van der Waals surface area contributed by atoms with E-state index in [0.29, 0.717) is 0 Å². The molecule has 0 radical (unpaired) electrons. The summed E-state index contributed by atoms with van der Waals surface area (Å²) in [5.41, 5.74) is -0.356. The Bertz CT molecular complexity index is 272. The largest absolute Gasteiger partial charge is 0.392 e. The molecule has 0 atom stereocenters. The second-order valence-electron chi connectivity index (χ2n) is 2.44. The van der Waals surface area contributed by atoms with Crippen molar-refractivity contribution in [2.45, 2.75) is 19.5 Å². The van der Waals surface area contributed by atoms with Crippen LogP contribution in [0.15, 0.2) is 12.5 Å². The molecular formula is C7H8F2N2O. The smallest absolute Gasteiger partial charge is 0.287 e. The molecule has 0 saturated heterocycles. The lowest BCUT2D eigenvalue weighted by Gasteiger charge is -2.11. The number of nitrogens with zero attached hydrogens (tertiary/aromatic N) is 2. The fourth-order valence-electron chi connectivity index (χ4n) is 0.869. The summed E-state index contributed by atoms with van der Waals surface area (Å²) in [5.74, 6) is -3.03. The van der Waals surface area contributed by atoms with Gasteiger partial charge in [0.2, 0.25) is 0 Å². The first-order valence-electron chi connectivity index (χ1n) is 3.33. The Morgan fingerprint density at radius 1 is 1.58 bits per heavy atom. The van der Waals surface area contributed by atoms with Gasteiger partial charge in [-0.2, -0.15) is 8.78 Å². The summed E-state index contributed by atoms with van der Waals surface area (Å²) in [6, 6.07) is 0. The Labute approximate surface area is 68.1 Å². The van der Waals surface area contributed by atoms with Gasteiger partial charge >= 0.3 is 0 Å². The second kappa shape index (κ2) is 3.10. The third-order valence-electron chi connectivity index (χ3n) is 1.37. The molecule has 0 aliphatic rings. The summed E-state index contributed by atoms with van der Waals surface area (Å²) in [6.07, 6.45) is 2.21. The molecule has 0 aliphatic heterocycles. The highest BCUT2D eigenvalue weighted by Crippen LogP contribution is 2.27. The molecule has 1 N–H and O–H groups in total. The summed E-state index contributed by atoms with van der Waals surface area (Å²) < 4.78 is 25.4. The van der Waals surface area contributed by atoms with E-state index in [1.165, 1.54) is 6.20 Å². The molecule has 5 heteroatoms. The lowest BCUT2D eigenvalue weighted by molar-refractivity contribution is 0.0103. The topological polar surface area (TPSA) is 46.0 Å². The fraction of sp³-hybridized carbons (Fsp3) is 0.429. The van der Waals surface area contributed by atoms with Crippen molar-refractivity contribution in [1.29, 1.82) is 0 Å². The van der Waals surface area contributed by atoms with Gasteiger partial charge in [-0.15, -0.1) is 0 Å². The normalized spacial score (nSPS) is 11.7. The number of rotatable bonds is 2. The van der Waals surface area contributed by atoms with Crippen LogP contribution in [-0.2, 0) is 12.5 Å². The molecule has 1 heterocycles. The third-order valence-corrected chi connectivity index (χ3v) is 1.37. The highest BCUT2D eigenvalue weighted by Gasteiger charge is 2.28. The summed E-state index contributed by atoms with van der Waals surface area (Å²) in [5, 5.41) is 8.67. The van der Waals surface area contributed by atoms with Crippen molar-refractivity contribution in [2.24, 2.45) is 0 Å². The van der Waals surface area contributed by atoms with Gasteiger partial charge in [0.25, 0.3) is 5.92 Å². The molecule has 12 heavy (non-hydrogen) atoms. The van der Waals surface area contributed by atoms with Crippen LogP contribution >= 0.6 is 0 Å². The van der Waals surface area contributed by atoms with E-state index in [0.717, 1.165) is 13.3 Å². The number of alkyl halides is 2. The predicted molar refractivity (Wildman–Crippen MR) is 37.5 cm³/mol. The maximum atomic E-state index is 12.7. The highest BCUT2D eigenvalue weighted by molar-refractivity contribution is 5.18. The minimum absolute atomic E-state index is 0.0602. The number of hydrogen-bond donors (Lipinski definition) is 1. The molecule has 3 nitrogen and oxygen atoms in total. The molecule has 1 aromatic rings. The molecule has 66 valence electrons. The van der Waals surface area contributed by atoms with Gasteiger partial charge in [-0.25, -0.2) is 9.97 Å². The maximum Gasteiger partial charge on any atom is 0.287 e. The van der Waals surface area contributed by atoms with E-state index in [1.54, 1.807) is 0 Å². The fourth-order valence-corrected chi connectivity index (χ4v) is 0.869. The van der Waals surface area contributed by atoms with Crippen molar-refractivity contribution >= 4 is 0 Å². The first kappa shape index (κ1) is 8.99. The molecule has 0 unspecified atom stereocenters. The van der Waals surface area contributed by atoms with E-state index in [9.17, 15) is 8.78 Å². The van der Waals surface area contributed by atoms with Gasteiger partial charge in [0.05, 0.1) is 6.61 Å². The number of hydrogen-bond acceptors (Lipinski definition) is 3. The van der Waals surface area contributed by atoms with Crippen molar-refractivity contribution in [1.82, 2.24) is 9.97 Å². The van der Waals surface area contributed by atoms with Crippen LogP contribution in [0.3, 0.4) is 0 Å². The molecule has 1 aromatic heterocycles. The third kappa shape index (κ3) is 1.73. The van der Waals surface area contributed by atoms with Crippen molar-refractivity contribution in [3.8, 4) is 0 Å². The van der Waals surface area contributed by atoms with Crippen molar-refractivity contribution in [2.75, 3.05) is 0 Å². The second-order valence-corrected chi connectivity index (χ2v) is 2.44. The number of aromatic nitrogens is 2. The van der Waals surface area contributed by atoms with Gasteiger partial charge in [-0.05, 0) is 0 Å². The SMILES string of the molecule is CC(F)(F)c1ncncc1CO. The number of aliphatic hydroxyl groups excluding tert-OH is 1. The number of halogens is 2. The molecular weight excluding hydrogens is 166 g/mol. The van der Waals surface area contributed by atoms with Crippen LogP contribution in [0.2, 0.25) is 0 Å². The highest BCUT2D eigenvalue weighted by atomic mass is 19.3. The zero-order chi connectivity index (χ0) is 9.19. The van der Waals surface area contributed by atoms with Crippen molar-refractivity contribution in [3.05, 3.63) is 23.8 Å². The van der Waals surface area contributed by atoms with E-state index < -0.39 is 18.2 Å². The Balaban J connectivity index is 3.14. The standard InChI is InChI=1S/C7H8F2N2O/c1-7(8,9)6-5(3-12)2-10-4-11-6/h2,4,12H,3H2,1H3. The van der Waals surface area contributed by atoms with E-state index in [2.05, 4.69) is 9.97 Å². The van der Waals surface area contributed by atoms with E-state index in [4.69, 9.17) is 5.11 Å². The average molecular weight is 174 g/mol. The van der Waals surface area contributed by atoms with Gasteiger partial charge in [-0.1, -0.05) is 0 Å². The van der Waals surface area contributed by atoms with Crippen LogP contribution < -0.4 is 0 Å². The minimum Gasteiger partial charge on any atom is -0.392 e.